The highest BCUT2D eigenvalue weighted by molar-refractivity contribution is 5.89. The van der Waals surface area contributed by atoms with Gasteiger partial charge in [-0.15, -0.1) is 0 Å². The van der Waals surface area contributed by atoms with Crippen LogP contribution in [0.15, 0.2) is 24.3 Å². The van der Waals surface area contributed by atoms with Gasteiger partial charge in [-0.25, -0.2) is 0 Å². The Morgan fingerprint density at radius 2 is 1.89 bits per heavy atom. The van der Waals surface area contributed by atoms with Gasteiger partial charge in [0.1, 0.15) is 11.5 Å². The Kier molecular flexibility index (Phi) is 4.74. The van der Waals surface area contributed by atoms with Crippen LogP contribution in [0.4, 0.5) is 11.8 Å². The van der Waals surface area contributed by atoms with Gasteiger partial charge in [-0.2, -0.15) is 9.97 Å². The molecule has 0 radical (unpaired) electrons. The number of aromatic amines is 1. The Morgan fingerprint density at radius 3 is 2.63 bits per heavy atom. The molecule has 0 amide bonds. The summed E-state index contributed by atoms with van der Waals surface area (Å²) in [6.07, 6.45) is 0. The summed E-state index contributed by atoms with van der Waals surface area (Å²) < 4.78 is 5.47. The second-order valence-electron chi connectivity index (χ2n) is 7.41. The fourth-order valence-electron chi connectivity index (χ4n) is 3.74. The Bertz CT molecular complexity index is 959. The summed E-state index contributed by atoms with van der Waals surface area (Å²) >= 11 is 0. The maximum atomic E-state index is 5.47. The number of benzene rings is 1. The second-order valence-corrected chi connectivity index (χ2v) is 7.41. The molecule has 1 atom stereocenters. The molecule has 1 fully saturated rings. The van der Waals surface area contributed by atoms with Crippen LogP contribution in [-0.2, 0) is 4.74 Å². The van der Waals surface area contributed by atoms with Gasteiger partial charge >= 0.3 is 0 Å². The zero-order chi connectivity index (χ0) is 19.0. The van der Waals surface area contributed by atoms with Gasteiger partial charge in [-0.3, -0.25) is 0 Å². The topological polar surface area (TPSA) is 66.1 Å². The molecule has 6 heteroatoms. The van der Waals surface area contributed by atoms with Gasteiger partial charge in [0.25, 0.3) is 0 Å². The van der Waals surface area contributed by atoms with Crippen LogP contribution in [0.1, 0.15) is 35.3 Å². The number of hydrogen-bond donors (Lipinski definition) is 2. The monoisotopic (exact) mass is 365 g/mol. The van der Waals surface area contributed by atoms with Crippen LogP contribution in [0.2, 0.25) is 0 Å². The fourth-order valence-corrected chi connectivity index (χ4v) is 3.74. The number of hydrogen-bond acceptors (Lipinski definition) is 5. The lowest BCUT2D eigenvalue weighted by atomic mass is 10.0. The van der Waals surface area contributed by atoms with Crippen molar-refractivity contribution in [3.05, 3.63) is 46.6 Å². The number of fused-ring (bicyclic) bond motifs is 1. The van der Waals surface area contributed by atoms with Gasteiger partial charge in [0.2, 0.25) is 5.95 Å². The van der Waals surface area contributed by atoms with Crippen molar-refractivity contribution in [3.63, 3.8) is 0 Å². The number of aromatic nitrogens is 3. The first-order valence-electron chi connectivity index (χ1n) is 9.55. The number of H-pyrrole nitrogens is 1. The SMILES string of the molecule is Cc1ccc(C(C)Nc2nc(N3CCOCC3)nc3[nH]c(C)cc23)c(C)c1. The van der Waals surface area contributed by atoms with Crippen molar-refractivity contribution in [1.82, 2.24) is 15.0 Å². The molecule has 1 aromatic carbocycles. The zero-order valence-corrected chi connectivity index (χ0v) is 16.5. The van der Waals surface area contributed by atoms with Crippen LogP contribution in [0.25, 0.3) is 11.0 Å². The van der Waals surface area contributed by atoms with Gasteiger partial charge < -0.3 is 19.9 Å². The van der Waals surface area contributed by atoms with Crippen LogP contribution >= 0.6 is 0 Å². The van der Waals surface area contributed by atoms with Crippen molar-refractivity contribution in [2.75, 3.05) is 36.5 Å². The van der Waals surface area contributed by atoms with E-state index in [1.165, 1.54) is 16.7 Å². The van der Waals surface area contributed by atoms with Crippen molar-refractivity contribution in [1.29, 1.82) is 0 Å². The van der Waals surface area contributed by atoms with Crippen molar-refractivity contribution >= 4 is 22.8 Å². The molecule has 142 valence electrons. The van der Waals surface area contributed by atoms with Crippen LogP contribution in [0.5, 0.6) is 0 Å². The first-order valence-corrected chi connectivity index (χ1v) is 9.55. The van der Waals surface area contributed by atoms with Crippen LogP contribution in [0, 0.1) is 20.8 Å². The molecule has 4 rings (SSSR count). The van der Waals surface area contributed by atoms with Crippen molar-refractivity contribution in [3.8, 4) is 0 Å². The van der Waals surface area contributed by atoms with Crippen LogP contribution in [-0.4, -0.2) is 41.3 Å². The van der Waals surface area contributed by atoms with E-state index in [1.54, 1.807) is 0 Å². The molecule has 0 bridgehead atoms. The lowest BCUT2D eigenvalue weighted by molar-refractivity contribution is 0.122. The van der Waals surface area contributed by atoms with Gasteiger partial charge in [0.05, 0.1) is 24.6 Å². The van der Waals surface area contributed by atoms with Crippen LogP contribution in [0.3, 0.4) is 0 Å². The number of nitrogens with one attached hydrogen (secondary N) is 2. The number of aryl methyl sites for hydroxylation is 3. The highest BCUT2D eigenvalue weighted by Crippen LogP contribution is 2.29. The fraction of sp³-hybridized carbons (Fsp3) is 0.429. The molecule has 2 N–H and O–H groups in total. The molecule has 1 saturated heterocycles. The third kappa shape index (κ3) is 3.62. The standard InChI is InChI=1S/C21H27N5O/c1-13-5-6-17(14(2)11-13)16(4)23-20-18-12-15(3)22-19(18)24-21(25-20)26-7-9-27-10-8-26/h5-6,11-12,16H,7-10H2,1-4H3,(H2,22,23,24,25). The first kappa shape index (κ1) is 17.8. The second kappa shape index (κ2) is 7.19. The third-order valence-electron chi connectivity index (χ3n) is 5.15. The summed E-state index contributed by atoms with van der Waals surface area (Å²) in [4.78, 5) is 15.2. The van der Waals surface area contributed by atoms with E-state index >= 15 is 0 Å². The highest BCUT2D eigenvalue weighted by Gasteiger charge is 2.19. The number of nitrogens with zero attached hydrogens (tertiary/aromatic N) is 3. The molecule has 27 heavy (non-hydrogen) atoms. The molecular weight excluding hydrogens is 338 g/mol. The van der Waals surface area contributed by atoms with Gasteiger partial charge in [0, 0.05) is 18.8 Å². The number of ether oxygens (including phenoxy) is 1. The van der Waals surface area contributed by atoms with E-state index in [4.69, 9.17) is 14.7 Å². The quantitative estimate of drug-likeness (QED) is 0.734. The molecule has 0 spiro atoms. The van der Waals surface area contributed by atoms with E-state index in [1.807, 2.05) is 6.92 Å². The summed E-state index contributed by atoms with van der Waals surface area (Å²) in [6, 6.07) is 8.84. The summed E-state index contributed by atoms with van der Waals surface area (Å²) in [6.45, 7) is 11.6. The molecular formula is C21H27N5O. The Balaban J connectivity index is 1.70. The normalized spacial score (nSPS) is 15.9. The van der Waals surface area contributed by atoms with Gasteiger partial charge in [0.15, 0.2) is 0 Å². The number of rotatable bonds is 4. The summed E-state index contributed by atoms with van der Waals surface area (Å²) in [5, 5.41) is 4.65. The Morgan fingerprint density at radius 1 is 1.11 bits per heavy atom. The maximum absolute atomic E-state index is 5.47. The first-order chi connectivity index (χ1) is 13.0. The molecule has 0 saturated carbocycles. The average Bonchev–Trinajstić information content (AvgIpc) is 3.03. The van der Waals surface area contributed by atoms with E-state index in [2.05, 4.69) is 60.2 Å². The van der Waals surface area contributed by atoms with E-state index in [0.717, 1.165) is 41.6 Å². The smallest absolute Gasteiger partial charge is 0.229 e. The molecule has 3 aromatic rings. The van der Waals surface area contributed by atoms with Gasteiger partial charge in [-0.05, 0) is 44.9 Å². The van der Waals surface area contributed by atoms with Crippen LogP contribution < -0.4 is 10.2 Å². The minimum Gasteiger partial charge on any atom is -0.378 e. The largest absolute Gasteiger partial charge is 0.378 e. The lowest BCUT2D eigenvalue weighted by Gasteiger charge is -2.27. The van der Waals surface area contributed by atoms with E-state index in [0.29, 0.717) is 13.2 Å². The van der Waals surface area contributed by atoms with Gasteiger partial charge in [-0.1, -0.05) is 23.8 Å². The molecule has 0 aliphatic carbocycles. The van der Waals surface area contributed by atoms with Crippen molar-refractivity contribution in [2.45, 2.75) is 33.7 Å². The maximum Gasteiger partial charge on any atom is 0.229 e. The van der Waals surface area contributed by atoms with E-state index in [-0.39, 0.29) is 6.04 Å². The van der Waals surface area contributed by atoms with Crippen molar-refractivity contribution < 1.29 is 4.74 Å². The zero-order valence-electron chi connectivity index (χ0n) is 16.5. The summed E-state index contributed by atoms with van der Waals surface area (Å²) in [5.74, 6) is 1.63. The number of morpholine rings is 1. The van der Waals surface area contributed by atoms with E-state index < -0.39 is 0 Å². The molecule has 1 aliphatic rings. The average molecular weight is 365 g/mol. The summed E-state index contributed by atoms with van der Waals surface area (Å²) in [5.41, 5.74) is 5.82. The van der Waals surface area contributed by atoms with E-state index in [9.17, 15) is 0 Å². The minimum absolute atomic E-state index is 0.149. The molecule has 6 nitrogen and oxygen atoms in total. The predicted octanol–water partition coefficient (Wildman–Crippen LogP) is 3.89. The third-order valence-corrected chi connectivity index (χ3v) is 5.15. The molecule has 1 unspecified atom stereocenters. The Hall–Kier alpha value is -2.60. The molecule has 3 heterocycles. The predicted molar refractivity (Wildman–Crippen MR) is 110 cm³/mol. The Labute approximate surface area is 160 Å². The molecule has 2 aromatic heterocycles. The highest BCUT2D eigenvalue weighted by atomic mass is 16.5. The summed E-state index contributed by atoms with van der Waals surface area (Å²) in [7, 11) is 0. The lowest BCUT2D eigenvalue weighted by Crippen LogP contribution is -2.37. The molecule has 1 aliphatic heterocycles. The van der Waals surface area contributed by atoms with Crippen molar-refractivity contribution in [2.24, 2.45) is 0 Å². The number of anilines is 2. The minimum atomic E-state index is 0.149.